The lowest BCUT2D eigenvalue weighted by Crippen LogP contribution is -2.33. The Kier molecular flexibility index (Phi) is 5.65. The highest BCUT2D eigenvalue weighted by molar-refractivity contribution is 7.71. The third-order valence-corrected chi connectivity index (χ3v) is 5.41. The van der Waals surface area contributed by atoms with E-state index >= 15 is 0 Å². The second-order valence-electron chi connectivity index (χ2n) is 5.71. The van der Waals surface area contributed by atoms with Crippen molar-refractivity contribution in [3.8, 4) is 10.6 Å². The standard InChI is InChI=1S/C15H15FN4O5S2/c1-8(21)17-5-10-6-20(15(22)25-10)9-2-3-11(12(16)4-9)14-19-18-13(26-14)7-27(23)24/h2-4,10,27H,5-7H2,1H3,(H,17,21). The van der Waals surface area contributed by atoms with Crippen LogP contribution in [0.5, 0.6) is 0 Å². The molecule has 1 unspecified atom stereocenters. The first kappa shape index (κ1) is 19.2. The van der Waals surface area contributed by atoms with E-state index in [1.165, 1.54) is 30.0 Å². The summed E-state index contributed by atoms with van der Waals surface area (Å²) in [6.07, 6.45) is -1.15. The van der Waals surface area contributed by atoms with Crippen molar-refractivity contribution in [1.29, 1.82) is 0 Å². The number of thiol groups is 1. The minimum Gasteiger partial charge on any atom is -0.442 e. The van der Waals surface area contributed by atoms with Crippen LogP contribution in [0, 0.1) is 5.82 Å². The van der Waals surface area contributed by atoms with Crippen molar-refractivity contribution >= 4 is 39.7 Å². The van der Waals surface area contributed by atoms with Gasteiger partial charge in [-0.15, -0.1) is 10.2 Å². The third-order valence-electron chi connectivity index (χ3n) is 3.68. The summed E-state index contributed by atoms with van der Waals surface area (Å²) < 4.78 is 41.2. The normalized spacial score (nSPS) is 16.6. The molecule has 1 atom stereocenters. The summed E-state index contributed by atoms with van der Waals surface area (Å²) in [6.45, 7) is 1.71. The molecule has 2 heterocycles. The Balaban J connectivity index is 1.75. The largest absolute Gasteiger partial charge is 0.442 e. The van der Waals surface area contributed by atoms with Gasteiger partial charge in [-0.1, -0.05) is 11.3 Å². The van der Waals surface area contributed by atoms with Crippen molar-refractivity contribution < 1.29 is 27.1 Å². The predicted molar refractivity (Wildman–Crippen MR) is 95.6 cm³/mol. The number of halogens is 1. The molecule has 0 bridgehead atoms. The van der Waals surface area contributed by atoms with E-state index in [4.69, 9.17) is 4.74 Å². The molecule has 1 aliphatic rings. The van der Waals surface area contributed by atoms with Gasteiger partial charge in [0.15, 0.2) is 5.01 Å². The molecule has 2 aromatic rings. The summed E-state index contributed by atoms with van der Waals surface area (Å²) in [5, 5.41) is 10.6. The highest BCUT2D eigenvalue weighted by atomic mass is 32.2. The number of carbonyl (C=O) groups is 2. The van der Waals surface area contributed by atoms with Crippen LogP contribution in [-0.4, -0.2) is 49.8 Å². The van der Waals surface area contributed by atoms with Crippen molar-refractivity contribution in [1.82, 2.24) is 15.5 Å². The van der Waals surface area contributed by atoms with Crippen molar-refractivity contribution in [3.63, 3.8) is 0 Å². The average Bonchev–Trinajstić information content (AvgIpc) is 3.19. The molecule has 27 heavy (non-hydrogen) atoms. The van der Waals surface area contributed by atoms with Crippen molar-refractivity contribution in [2.75, 3.05) is 18.0 Å². The Labute approximate surface area is 159 Å². The second kappa shape index (κ2) is 7.96. The van der Waals surface area contributed by atoms with Crippen LogP contribution in [0.2, 0.25) is 0 Å². The van der Waals surface area contributed by atoms with E-state index in [2.05, 4.69) is 15.5 Å². The molecule has 0 radical (unpaired) electrons. The molecule has 1 aromatic heterocycles. The van der Waals surface area contributed by atoms with E-state index in [-0.39, 0.29) is 40.3 Å². The number of hydrogen-bond donors (Lipinski definition) is 2. The van der Waals surface area contributed by atoms with Gasteiger partial charge in [0.1, 0.15) is 33.4 Å². The highest BCUT2D eigenvalue weighted by Gasteiger charge is 2.32. The molecule has 9 nitrogen and oxygen atoms in total. The maximum Gasteiger partial charge on any atom is 0.414 e. The fraction of sp³-hybridized carbons (Fsp3) is 0.333. The lowest BCUT2D eigenvalue weighted by Gasteiger charge is -2.14. The Morgan fingerprint density at radius 3 is 2.89 bits per heavy atom. The topological polar surface area (TPSA) is 119 Å². The number of cyclic esters (lactones) is 1. The molecular formula is C15H15FN4O5S2. The molecule has 144 valence electrons. The Morgan fingerprint density at radius 1 is 1.44 bits per heavy atom. The van der Waals surface area contributed by atoms with Gasteiger partial charge in [0, 0.05) is 12.5 Å². The predicted octanol–water partition coefficient (Wildman–Crippen LogP) is 0.917. The van der Waals surface area contributed by atoms with E-state index < -0.39 is 28.7 Å². The van der Waals surface area contributed by atoms with Crippen LogP contribution < -0.4 is 10.2 Å². The lowest BCUT2D eigenvalue weighted by atomic mass is 10.2. The monoisotopic (exact) mass is 414 g/mol. The zero-order chi connectivity index (χ0) is 19.6. The molecule has 2 amide bonds. The smallest absolute Gasteiger partial charge is 0.414 e. The number of ether oxygens (including phenoxy) is 1. The molecular weight excluding hydrogens is 399 g/mol. The summed E-state index contributed by atoms with van der Waals surface area (Å²) in [7, 11) is -2.64. The minimum absolute atomic E-state index is 0.158. The first-order valence-electron chi connectivity index (χ1n) is 7.80. The number of aromatic nitrogens is 2. The van der Waals surface area contributed by atoms with Crippen LogP contribution in [0.4, 0.5) is 14.9 Å². The Morgan fingerprint density at radius 2 is 2.22 bits per heavy atom. The second-order valence-corrected chi connectivity index (χ2v) is 7.75. The van der Waals surface area contributed by atoms with E-state index in [0.717, 1.165) is 11.3 Å². The maximum atomic E-state index is 14.5. The first-order chi connectivity index (χ1) is 12.8. The van der Waals surface area contributed by atoms with Gasteiger partial charge in [-0.3, -0.25) is 9.69 Å². The fourth-order valence-electron chi connectivity index (χ4n) is 2.48. The molecule has 1 saturated heterocycles. The highest BCUT2D eigenvalue weighted by Crippen LogP contribution is 2.30. The first-order valence-corrected chi connectivity index (χ1v) is 9.98. The van der Waals surface area contributed by atoms with E-state index in [1.807, 2.05) is 0 Å². The molecule has 3 rings (SSSR count). The number of benzene rings is 1. The van der Waals surface area contributed by atoms with Gasteiger partial charge < -0.3 is 10.1 Å². The third kappa shape index (κ3) is 4.57. The lowest BCUT2D eigenvalue weighted by molar-refractivity contribution is -0.119. The van der Waals surface area contributed by atoms with E-state index in [0.29, 0.717) is 5.69 Å². The summed E-state index contributed by atoms with van der Waals surface area (Å²) in [6, 6.07) is 4.16. The Hall–Kier alpha value is -2.60. The summed E-state index contributed by atoms with van der Waals surface area (Å²) in [5.41, 5.74) is 0.463. The maximum absolute atomic E-state index is 14.5. The van der Waals surface area contributed by atoms with Gasteiger partial charge in [-0.2, -0.15) is 0 Å². The van der Waals surface area contributed by atoms with Gasteiger partial charge in [-0.05, 0) is 18.2 Å². The van der Waals surface area contributed by atoms with Crippen molar-refractivity contribution in [3.05, 3.63) is 29.0 Å². The number of rotatable bonds is 6. The van der Waals surface area contributed by atoms with Crippen molar-refractivity contribution in [2.24, 2.45) is 0 Å². The zero-order valence-corrected chi connectivity index (χ0v) is 15.8. The summed E-state index contributed by atoms with van der Waals surface area (Å²) in [5.74, 6) is -1.11. The number of anilines is 1. The molecule has 1 N–H and O–H groups in total. The molecule has 0 saturated carbocycles. The molecule has 1 aromatic carbocycles. The van der Waals surface area contributed by atoms with Crippen molar-refractivity contribution in [2.45, 2.75) is 18.8 Å². The van der Waals surface area contributed by atoms with E-state index in [1.54, 1.807) is 0 Å². The number of nitrogens with zero attached hydrogens (tertiary/aromatic N) is 3. The average molecular weight is 414 g/mol. The summed E-state index contributed by atoms with van der Waals surface area (Å²) in [4.78, 5) is 24.2. The number of hydrogen-bond acceptors (Lipinski definition) is 8. The Bertz CT molecular complexity index is 953. The molecule has 1 aliphatic heterocycles. The van der Waals surface area contributed by atoms with Gasteiger partial charge in [0.05, 0.1) is 18.8 Å². The molecule has 12 heteroatoms. The van der Waals surface area contributed by atoms with Crippen LogP contribution >= 0.6 is 11.3 Å². The van der Waals surface area contributed by atoms with Gasteiger partial charge in [0.2, 0.25) is 5.91 Å². The molecule has 1 fully saturated rings. The van der Waals surface area contributed by atoms with Gasteiger partial charge in [0.25, 0.3) is 0 Å². The summed E-state index contributed by atoms with van der Waals surface area (Å²) >= 11 is 0.985. The van der Waals surface area contributed by atoms with E-state index in [9.17, 15) is 22.4 Å². The molecule has 0 aliphatic carbocycles. The molecule has 0 spiro atoms. The fourth-order valence-corrected chi connectivity index (χ4v) is 4.00. The van der Waals surface area contributed by atoms with Crippen LogP contribution in [0.1, 0.15) is 11.9 Å². The SMILES string of the molecule is CC(=O)NCC1CN(c2ccc(-c3nnc(C[SH](=O)=O)s3)c(F)c2)C(=O)O1. The van der Waals surface area contributed by atoms with Crippen LogP contribution in [-0.2, 0) is 26.0 Å². The number of carbonyl (C=O) groups excluding carboxylic acids is 2. The minimum atomic E-state index is -2.64. The van der Waals surface area contributed by atoms with Gasteiger partial charge >= 0.3 is 6.09 Å². The number of nitrogens with one attached hydrogen (secondary N) is 1. The van der Waals surface area contributed by atoms with Gasteiger partial charge in [-0.25, -0.2) is 17.6 Å². The quantitative estimate of drug-likeness (QED) is 0.675. The van der Waals surface area contributed by atoms with Crippen LogP contribution in [0.25, 0.3) is 10.6 Å². The zero-order valence-electron chi connectivity index (χ0n) is 14.0. The number of amides is 2. The van der Waals surface area contributed by atoms with Crippen LogP contribution in [0.3, 0.4) is 0 Å². The van der Waals surface area contributed by atoms with Crippen LogP contribution in [0.15, 0.2) is 18.2 Å².